The second-order valence-corrected chi connectivity index (χ2v) is 6.09. The zero-order valence-corrected chi connectivity index (χ0v) is 12.5. The molecule has 0 aliphatic carbocycles. The van der Waals surface area contributed by atoms with Crippen molar-refractivity contribution in [1.29, 1.82) is 0 Å². The van der Waals surface area contributed by atoms with Gasteiger partial charge in [0.25, 0.3) is 0 Å². The van der Waals surface area contributed by atoms with Crippen LogP contribution in [0.3, 0.4) is 0 Å². The minimum Gasteiger partial charge on any atom is -0.396 e. The van der Waals surface area contributed by atoms with Crippen LogP contribution in [0.2, 0.25) is 0 Å². The highest BCUT2D eigenvalue weighted by Crippen LogP contribution is 2.19. The van der Waals surface area contributed by atoms with E-state index in [0.29, 0.717) is 6.54 Å². The summed E-state index contributed by atoms with van der Waals surface area (Å²) in [6, 6.07) is 8.63. The predicted molar refractivity (Wildman–Crippen MR) is 80.3 cm³/mol. The fraction of sp³-hybridized carbons (Fsp3) is 0.625. The maximum atomic E-state index is 9.98. The molecule has 2 N–H and O–H groups in total. The number of benzene rings is 1. The number of likely N-dealkylation sites (tertiary alicyclic amines) is 1. The van der Waals surface area contributed by atoms with Gasteiger partial charge in [-0.25, -0.2) is 0 Å². The molecule has 0 amide bonds. The standard InChI is InChI=1S/C16H26N2O2/c1-17(2)9-13-4-3-5-14(8-13)10-18-7-6-15(12-19)16(20)11-18/h3-5,8,15-16,19-20H,6-7,9-12H2,1-2H3/t15-,16-/m1/s1. The van der Waals surface area contributed by atoms with Crippen molar-refractivity contribution in [2.75, 3.05) is 33.8 Å². The highest BCUT2D eigenvalue weighted by atomic mass is 16.3. The third kappa shape index (κ3) is 4.28. The van der Waals surface area contributed by atoms with E-state index in [1.54, 1.807) is 0 Å². The van der Waals surface area contributed by atoms with Gasteiger partial charge in [0.15, 0.2) is 0 Å². The molecule has 1 aliphatic rings. The maximum absolute atomic E-state index is 9.98. The zero-order chi connectivity index (χ0) is 14.5. The Bertz CT molecular complexity index is 423. The Kier molecular flexibility index (Phi) is 5.54. The molecule has 0 spiro atoms. The monoisotopic (exact) mass is 278 g/mol. The number of nitrogens with zero attached hydrogens (tertiary/aromatic N) is 2. The minimum atomic E-state index is -0.404. The normalized spacial score (nSPS) is 24.2. The van der Waals surface area contributed by atoms with Crippen LogP contribution in [0.25, 0.3) is 0 Å². The molecule has 2 atom stereocenters. The Morgan fingerprint density at radius 1 is 1.30 bits per heavy atom. The van der Waals surface area contributed by atoms with Gasteiger partial charge in [-0.3, -0.25) is 4.90 Å². The Labute approximate surface area is 121 Å². The summed E-state index contributed by atoms with van der Waals surface area (Å²) in [5, 5.41) is 19.2. The molecule has 1 aliphatic heterocycles. The highest BCUT2D eigenvalue weighted by molar-refractivity contribution is 5.23. The van der Waals surface area contributed by atoms with E-state index in [4.69, 9.17) is 0 Å². The van der Waals surface area contributed by atoms with E-state index in [0.717, 1.165) is 26.1 Å². The molecule has 0 unspecified atom stereocenters. The number of aliphatic hydroxyl groups excluding tert-OH is 2. The molecule has 112 valence electrons. The molecule has 4 nitrogen and oxygen atoms in total. The second-order valence-electron chi connectivity index (χ2n) is 6.09. The maximum Gasteiger partial charge on any atom is 0.0717 e. The lowest BCUT2D eigenvalue weighted by molar-refractivity contribution is -0.00444. The lowest BCUT2D eigenvalue weighted by Crippen LogP contribution is -2.44. The number of rotatable bonds is 5. The first-order chi connectivity index (χ1) is 9.58. The van der Waals surface area contributed by atoms with Gasteiger partial charge in [-0.1, -0.05) is 24.3 Å². The van der Waals surface area contributed by atoms with Crippen molar-refractivity contribution in [3.8, 4) is 0 Å². The molecule has 1 saturated heterocycles. The van der Waals surface area contributed by atoms with Crippen LogP contribution in [0.4, 0.5) is 0 Å². The molecular formula is C16H26N2O2. The van der Waals surface area contributed by atoms with Gasteiger partial charge in [0.05, 0.1) is 6.10 Å². The lowest BCUT2D eigenvalue weighted by atomic mass is 9.94. The number of aliphatic hydroxyl groups is 2. The molecule has 4 heteroatoms. The van der Waals surface area contributed by atoms with Gasteiger partial charge in [0.2, 0.25) is 0 Å². The predicted octanol–water partition coefficient (Wildman–Crippen LogP) is 0.923. The molecule has 20 heavy (non-hydrogen) atoms. The van der Waals surface area contributed by atoms with Gasteiger partial charge in [-0.2, -0.15) is 0 Å². The van der Waals surface area contributed by atoms with Crippen molar-refractivity contribution in [1.82, 2.24) is 9.80 Å². The fourth-order valence-corrected chi connectivity index (χ4v) is 2.85. The number of β-amino-alcohol motifs (C(OH)–C–C–N with tert-alkyl or cyclic N) is 1. The summed E-state index contributed by atoms with van der Waals surface area (Å²) in [5.41, 5.74) is 2.61. The van der Waals surface area contributed by atoms with Gasteiger partial charge < -0.3 is 15.1 Å². The number of hydrogen-bond acceptors (Lipinski definition) is 4. The number of piperidine rings is 1. The SMILES string of the molecule is CN(C)Cc1cccc(CN2CC[C@H](CO)[C@H](O)C2)c1. The molecule has 2 rings (SSSR count). The van der Waals surface area contributed by atoms with Gasteiger partial charge in [-0.15, -0.1) is 0 Å². The first kappa shape index (κ1) is 15.4. The molecular weight excluding hydrogens is 252 g/mol. The van der Waals surface area contributed by atoms with Crippen LogP contribution in [0.15, 0.2) is 24.3 Å². The van der Waals surface area contributed by atoms with Crippen molar-refractivity contribution >= 4 is 0 Å². The van der Waals surface area contributed by atoms with E-state index >= 15 is 0 Å². The van der Waals surface area contributed by atoms with Crippen LogP contribution in [0.1, 0.15) is 17.5 Å². The highest BCUT2D eigenvalue weighted by Gasteiger charge is 2.26. The molecule has 0 bridgehead atoms. The summed E-state index contributed by atoms with van der Waals surface area (Å²) in [4.78, 5) is 4.43. The van der Waals surface area contributed by atoms with E-state index in [9.17, 15) is 10.2 Å². The van der Waals surface area contributed by atoms with Crippen LogP contribution < -0.4 is 0 Å². The molecule has 1 heterocycles. The van der Waals surface area contributed by atoms with Crippen molar-refractivity contribution < 1.29 is 10.2 Å². The average Bonchev–Trinajstić information content (AvgIpc) is 2.38. The van der Waals surface area contributed by atoms with E-state index in [1.807, 2.05) is 0 Å². The van der Waals surface area contributed by atoms with Crippen molar-refractivity contribution in [2.45, 2.75) is 25.6 Å². The topological polar surface area (TPSA) is 46.9 Å². The molecule has 1 aromatic carbocycles. The summed E-state index contributed by atoms with van der Waals surface area (Å²) >= 11 is 0. The third-order valence-corrected chi connectivity index (χ3v) is 3.94. The van der Waals surface area contributed by atoms with Gasteiger partial charge in [0, 0.05) is 32.2 Å². The van der Waals surface area contributed by atoms with Crippen LogP contribution >= 0.6 is 0 Å². The van der Waals surface area contributed by atoms with Crippen molar-refractivity contribution in [3.63, 3.8) is 0 Å². The molecule has 1 aromatic rings. The smallest absolute Gasteiger partial charge is 0.0717 e. The molecule has 0 saturated carbocycles. The summed E-state index contributed by atoms with van der Waals surface area (Å²) in [6.45, 7) is 3.51. The summed E-state index contributed by atoms with van der Waals surface area (Å²) in [6.07, 6.45) is 0.466. The second kappa shape index (κ2) is 7.18. The van der Waals surface area contributed by atoms with E-state index in [2.05, 4.69) is 48.2 Å². The Morgan fingerprint density at radius 3 is 2.70 bits per heavy atom. The average molecular weight is 278 g/mol. The van der Waals surface area contributed by atoms with Crippen LogP contribution in [-0.2, 0) is 13.1 Å². The van der Waals surface area contributed by atoms with Crippen LogP contribution in [-0.4, -0.2) is 59.9 Å². The first-order valence-corrected chi connectivity index (χ1v) is 7.32. The molecule has 0 aromatic heterocycles. The van der Waals surface area contributed by atoms with Crippen LogP contribution in [0.5, 0.6) is 0 Å². The molecule has 0 radical (unpaired) electrons. The van der Waals surface area contributed by atoms with Gasteiger partial charge in [-0.05, 0) is 38.2 Å². The quantitative estimate of drug-likeness (QED) is 0.841. The van der Waals surface area contributed by atoms with Crippen molar-refractivity contribution in [2.24, 2.45) is 5.92 Å². The van der Waals surface area contributed by atoms with Gasteiger partial charge in [0.1, 0.15) is 0 Å². The van der Waals surface area contributed by atoms with Crippen LogP contribution in [0, 0.1) is 5.92 Å². The lowest BCUT2D eigenvalue weighted by Gasteiger charge is -2.35. The number of hydrogen-bond donors (Lipinski definition) is 2. The molecule has 1 fully saturated rings. The van der Waals surface area contributed by atoms with E-state index < -0.39 is 6.10 Å². The minimum absolute atomic E-state index is 0.0475. The largest absolute Gasteiger partial charge is 0.396 e. The zero-order valence-electron chi connectivity index (χ0n) is 12.5. The van der Waals surface area contributed by atoms with Gasteiger partial charge >= 0.3 is 0 Å². The third-order valence-electron chi connectivity index (χ3n) is 3.94. The van der Waals surface area contributed by atoms with E-state index in [-0.39, 0.29) is 12.5 Å². The van der Waals surface area contributed by atoms with E-state index in [1.165, 1.54) is 11.1 Å². The Morgan fingerprint density at radius 2 is 2.05 bits per heavy atom. The Hall–Kier alpha value is -0.940. The summed E-state index contributed by atoms with van der Waals surface area (Å²) in [5.74, 6) is 0.0475. The van der Waals surface area contributed by atoms with Crippen molar-refractivity contribution in [3.05, 3.63) is 35.4 Å². The summed E-state index contributed by atoms with van der Waals surface area (Å²) in [7, 11) is 4.14. The fourth-order valence-electron chi connectivity index (χ4n) is 2.85. The Balaban J connectivity index is 1.93. The summed E-state index contributed by atoms with van der Waals surface area (Å²) < 4.78 is 0. The first-order valence-electron chi connectivity index (χ1n) is 7.32.